The van der Waals surface area contributed by atoms with Gasteiger partial charge in [-0.25, -0.2) is 9.97 Å². The summed E-state index contributed by atoms with van der Waals surface area (Å²) in [7, 11) is 0. The first kappa shape index (κ1) is 18.8. The van der Waals surface area contributed by atoms with Crippen LogP contribution in [0, 0.1) is 5.92 Å². The van der Waals surface area contributed by atoms with Crippen molar-refractivity contribution in [3.8, 4) is 5.75 Å². The van der Waals surface area contributed by atoms with Crippen LogP contribution in [0.5, 0.6) is 5.75 Å². The second-order valence-electron chi connectivity index (χ2n) is 6.73. The van der Waals surface area contributed by atoms with Gasteiger partial charge in [0.05, 0.1) is 18.8 Å². The van der Waals surface area contributed by atoms with Crippen LogP contribution in [0.25, 0.3) is 10.9 Å². The van der Waals surface area contributed by atoms with Crippen molar-refractivity contribution in [2.24, 2.45) is 5.92 Å². The summed E-state index contributed by atoms with van der Waals surface area (Å²) < 4.78 is 11.3. The molecule has 1 amide bonds. The number of hydrogen-bond donors (Lipinski definition) is 2. The second-order valence-corrected chi connectivity index (χ2v) is 7.50. The van der Waals surface area contributed by atoms with Crippen molar-refractivity contribution in [3.05, 3.63) is 46.6 Å². The van der Waals surface area contributed by atoms with Gasteiger partial charge in [-0.1, -0.05) is 18.5 Å². The molecule has 0 radical (unpaired) electrons. The maximum atomic E-state index is 11.7. The molecule has 0 aliphatic carbocycles. The van der Waals surface area contributed by atoms with Crippen molar-refractivity contribution in [2.75, 3.05) is 11.9 Å². The van der Waals surface area contributed by atoms with Crippen LogP contribution >= 0.6 is 23.2 Å². The Morgan fingerprint density at radius 3 is 2.93 bits per heavy atom. The molecule has 146 valence electrons. The Kier molecular flexibility index (Phi) is 5.28. The molecule has 2 aromatic heterocycles. The first-order chi connectivity index (χ1) is 13.5. The van der Waals surface area contributed by atoms with Gasteiger partial charge >= 0.3 is 0 Å². The minimum Gasteiger partial charge on any atom is -0.489 e. The summed E-state index contributed by atoms with van der Waals surface area (Å²) in [6.07, 6.45) is 2.33. The molecule has 1 fully saturated rings. The summed E-state index contributed by atoms with van der Waals surface area (Å²) in [6, 6.07) is 7.06. The lowest BCUT2D eigenvalue weighted by Gasteiger charge is -2.15. The van der Waals surface area contributed by atoms with E-state index < -0.39 is 0 Å². The first-order valence-electron chi connectivity index (χ1n) is 8.86. The predicted molar refractivity (Wildman–Crippen MR) is 107 cm³/mol. The Morgan fingerprint density at radius 1 is 1.36 bits per heavy atom. The number of rotatable bonds is 6. The number of amides is 1. The maximum absolute atomic E-state index is 11.7. The smallest absolute Gasteiger partial charge is 0.225 e. The van der Waals surface area contributed by atoms with E-state index in [9.17, 15) is 4.79 Å². The Bertz CT molecular complexity index is 1010. The van der Waals surface area contributed by atoms with E-state index in [1.165, 1.54) is 0 Å². The average Bonchev–Trinajstić information content (AvgIpc) is 3.28. The lowest BCUT2D eigenvalue weighted by molar-refractivity contribution is -0.122. The number of hydrogen-bond acceptors (Lipinski definition) is 6. The van der Waals surface area contributed by atoms with Gasteiger partial charge in [-0.2, -0.15) is 0 Å². The Labute approximate surface area is 171 Å². The highest BCUT2D eigenvalue weighted by atomic mass is 35.5. The van der Waals surface area contributed by atoms with Crippen molar-refractivity contribution in [1.29, 1.82) is 0 Å². The largest absolute Gasteiger partial charge is 0.489 e. The highest BCUT2D eigenvalue weighted by Gasteiger charge is 2.28. The molecule has 1 aliphatic rings. The summed E-state index contributed by atoms with van der Waals surface area (Å²) in [6.45, 7) is 2.65. The number of furan rings is 1. The van der Waals surface area contributed by atoms with Crippen molar-refractivity contribution in [3.63, 3.8) is 0 Å². The van der Waals surface area contributed by atoms with E-state index in [4.69, 9.17) is 32.4 Å². The van der Waals surface area contributed by atoms with Crippen LogP contribution in [0.1, 0.15) is 19.1 Å². The average molecular weight is 421 g/mol. The number of carbonyl (C=O) groups is 1. The van der Waals surface area contributed by atoms with E-state index in [-0.39, 0.29) is 23.2 Å². The van der Waals surface area contributed by atoms with E-state index >= 15 is 0 Å². The zero-order valence-electron chi connectivity index (χ0n) is 15.0. The third-order valence-corrected chi connectivity index (χ3v) is 4.97. The summed E-state index contributed by atoms with van der Waals surface area (Å²) in [4.78, 5) is 20.3. The van der Waals surface area contributed by atoms with Crippen molar-refractivity contribution >= 4 is 45.8 Å². The van der Waals surface area contributed by atoms with Gasteiger partial charge in [-0.3, -0.25) is 4.79 Å². The monoisotopic (exact) mass is 420 g/mol. The topological polar surface area (TPSA) is 89.3 Å². The number of nitrogens with one attached hydrogen (secondary N) is 2. The molecule has 3 heterocycles. The van der Waals surface area contributed by atoms with Gasteiger partial charge < -0.3 is 19.8 Å². The summed E-state index contributed by atoms with van der Waals surface area (Å²) >= 11 is 12.4. The van der Waals surface area contributed by atoms with Crippen LogP contribution in [-0.2, 0) is 11.3 Å². The molecule has 0 unspecified atom stereocenters. The molecule has 3 aromatic rings. The fraction of sp³-hybridized carbons (Fsp3) is 0.316. The molecule has 1 aliphatic heterocycles. The standard InChI is InChI=1S/C19H18Cl2N4O3/c1-10-5-12(23-18(10)26)9-28-15-7-11(20)6-14-16(15)24-19(21)25-17(14)22-8-13-3-2-4-27-13/h2-4,6-7,10,12H,5,8-9H2,1H3,(H,23,26)(H,22,24,25)/t10-,12+/m0/s1. The number of anilines is 1. The molecule has 1 saturated heterocycles. The molecule has 0 spiro atoms. The quantitative estimate of drug-likeness (QED) is 0.584. The molecule has 4 rings (SSSR count). The zero-order valence-corrected chi connectivity index (χ0v) is 16.5. The number of nitrogens with zero attached hydrogens (tertiary/aromatic N) is 2. The van der Waals surface area contributed by atoms with Gasteiger partial charge in [0.2, 0.25) is 11.2 Å². The van der Waals surface area contributed by atoms with Crippen molar-refractivity contribution < 1.29 is 13.9 Å². The van der Waals surface area contributed by atoms with Gasteiger partial charge in [0.1, 0.15) is 29.5 Å². The Hall–Kier alpha value is -2.51. The molecule has 28 heavy (non-hydrogen) atoms. The molecule has 0 bridgehead atoms. The minimum absolute atomic E-state index is 0.0149. The lowest BCUT2D eigenvalue weighted by atomic mass is 10.1. The maximum Gasteiger partial charge on any atom is 0.225 e. The third-order valence-electron chi connectivity index (χ3n) is 4.59. The van der Waals surface area contributed by atoms with Gasteiger partial charge in [-0.05, 0) is 36.2 Å². The van der Waals surface area contributed by atoms with E-state index in [2.05, 4.69) is 20.6 Å². The molecule has 7 nitrogen and oxygen atoms in total. The minimum atomic E-state index is -0.0506. The molecule has 0 saturated carbocycles. The number of halogens is 2. The summed E-state index contributed by atoms with van der Waals surface area (Å²) in [5, 5.41) is 7.36. The Morgan fingerprint density at radius 2 is 2.21 bits per heavy atom. The van der Waals surface area contributed by atoms with E-state index in [1.54, 1.807) is 18.4 Å². The molecule has 1 aromatic carbocycles. The van der Waals surface area contributed by atoms with E-state index in [0.29, 0.717) is 40.6 Å². The molecular formula is C19H18Cl2N4O3. The Balaban J connectivity index is 1.60. The van der Waals surface area contributed by atoms with Gasteiger partial charge in [0.15, 0.2) is 0 Å². The zero-order chi connectivity index (χ0) is 19.7. The van der Waals surface area contributed by atoms with Crippen molar-refractivity contribution in [2.45, 2.75) is 25.9 Å². The molecule has 9 heteroatoms. The lowest BCUT2D eigenvalue weighted by Crippen LogP contribution is -2.31. The van der Waals surface area contributed by atoms with Crippen molar-refractivity contribution in [1.82, 2.24) is 15.3 Å². The number of ether oxygens (including phenoxy) is 1. The predicted octanol–water partition coefficient (Wildman–Crippen LogP) is 4.05. The van der Waals surface area contributed by atoms with Gasteiger partial charge in [0.25, 0.3) is 0 Å². The molecule has 2 N–H and O–H groups in total. The SMILES string of the molecule is C[C@H]1C[C@H](COc2cc(Cl)cc3c(NCc4ccco4)nc(Cl)nc23)NC1=O. The van der Waals surface area contributed by atoms with Crippen LogP contribution in [0.15, 0.2) is 34.9 Å². The van der Waals surface area contributed by atoms with E-state index in [0.717, 1.165) is 12.2 Å². The van der Waals surface area contributed by atoms with Crippen LogP contribution in [-0.4, -0.2) is 28.5 Å². The van der Waals surface area contributed by atoms with Crippen LogP contribution in [0.3, 0.4) is 0 Å². The number of benzene rings is 1. The van der Waals surface area contributed by atoms with E-state index in [1.807, 2.05) is 19.1 Å². The highest BCUT2D eigenvalue weighted by molar-refractivity contribution is 6.32. The number of aromatic nitrogens is 2. The van der Waals surface area contributed by atoms with Crippen LogP contribution in [0.2, 0.25) is 10.3 Å². The fourth-order valence-electron chi connectivity index (χ4n) is 3.20. The normalized spacial score (nSPS) is 19.0. The van der Waals surface area contributed by atoms with Gasteiger partial charge in [0, 0.05) is 22.4 Å². The molecular weight excluding hydrogens is 403 g/mol. The third kappa shape index (κ3) is 4.00. The second kappa shape index (κ2) is 7.85. The number of carbonyl (C=O) groups excluding carboxylic acids is 1. The van der Waals surface area contributed by atoms with Crippen LogP contribution in [0.4, 0.5) is 5.82 Å². The first-order valence-corrected chi connectivity index (χ1v) is 9.61. The fourth-order valence-corrected chi connectivity index (χ4v) is 3.58. The summed E-state index contributed by atoms with van der Waals surface area (Å²) in [5.41, 5.74) is 0.545. The molecule has 2 atom stereocenters. The highest BCUT2D eigenvalue weighted by Crippen LogP contribution is 2.33. The van der Waals surface area contributed by atoms with Gasteiger partial charge in [-0.15, -0.1) is 0 Å². The number of fused-ring (bicyclic) bond motifs is 1. The van der Waals surface area contributed by atoms with Crippen LogP contribution < -0.4 is 15.4 Å². The summed E-state index contributed by atoms with van der Waals surface area (Å²) in [5.74, 6) is 1.80.